The van der Waals surface area contributed by atoms with Crippen molar-refractivity contribution in [3.63, 3.8) is 0 Å². The zero-order valence-electron chi connectivity index (χ0n) is 9.94. The lowest BCUT2D eigenvalue weighted by atomic mass is 10.1. The number of pyridine rings is 1. The summed E-state index contributed by atoms with van der Waals surface area (Å²) in [6.07, 6.45) is 0. The van der Waals surface area contributed by atoms with E-state index in [4.69, 9.17) is 0 Å². The number of rotatable bonds is 2. The minimum Gasteiger partial charge on any atom is -0.494 e. The van der Waals surface area contributed by atoms with Crippen molar-refractivity contribution in [1.82, 2.24) is 9.47 Å². The van der Waals surface area contributed by atoms with E-state index in [2.05, 4.69) is 0 Å². The smallest absolute Gasteiger partial charge is 0.259 e. The van der Waals surface area contributed by atoms with Gasteiger partial charge >= 0.3 is 0 Å². The third kappa shape index (κ3) is 1.93. The largest absolute Gasteiger partial charge is 0.494 e. The second kappa shape index (κ2) is 4.38. The Labute approximate surface area is 93.9 Å². The second-order valence-corrected chi connectivity index (χ2v) is 3.81. The summed E-state index contributed by atoms with van der Waals surface area (Å²) in [4.78, 5) is 24.7. The van der Waals surface area contributed by atoms with Crippen molar-refractivity contribution in [2.24, 2.45) is 0 Å². The molecule has 0 saturated carbocycles. The van der Waals surface area contributed by atoms with Gasteiger partial charge in [0.1, 0.15) is 5.56 Å². The first-order chi connectivity index (χ1) is 7.40. The van der Waals surface area contributed by atoms with Gasteiger partial charge < -0.3 is 10.0 Å². The summed E-state index contributed by atoms with van der Waals surface area (Å²) in [6, 6.07) is 1.36. The zero-order valence-corrected chi connectivity index (χ0v) is 9.94. The molecule has 16 heavy (non-hydrogen) atoms. The SMILES string of the molecule is CCn1c(O)c(C(=O)N(C)C)c(C)cc1=O. The molecule has 0 saturated heterocycles. The zero-order chi connectivity index (χ0) is 12.5. The van der Waals surface area contributed by atoms with E-state index in [0.717, 1.165) is 0 Å². The summed E-state index contributed by atoms with van der Waals surface area (Å²) in [5.74, 6) is -0.566. The van der Waals surface area contributed by atoms with Crippen molar-refractivity contribution < 1.29 is 9.90 Å². The number of hydrogen-bond acceptors (Lipinski definition) is 3. The van der Waals surface area contributed by atoms with Gasteiger partial charge in [-0.25, -0.2) is 0 Å². The van der Waals surface area contributed by atoms with Crippen LogP contribution in [0.5, 0.6) is 5.88 Å². The normalized spacial score (nSPS) is 10.2. The highest BCUT2D eigenvalue weighted by Gasteiger charge is 2.19. The fourth-order valence-electron chi connectivity index (χ4n) is 1.54. The Morgan fingerprint density at radius 1 is 1.50 bits per heavy atom. The van der Waals surface area contributed by atoms with E-state index in [9.17, 15) is 14.7 Å². The summed E-state index contributed by atoms with van der Waals surface area (Å²) in [5, 5.41) is 9.89. The van der Waals surface area contributed by atoms with Crippen LogP contribution in [0.4, 0.5) is 0 Å². The lowest BCUT2D eigenvalue weighted by molar-refractivity contribution is 0.0822. The van der Waals surface area contributed by atoms with Crippen LogP contribution in [0.15, 0.2) is 10.9 Å². The molecule has 88 valence electrons. The van der Waals surface area contributed by atoms with Crippen molar-refractivity contribution in [2.75, 3.05) is 14.1 Å². The van der Waals surface area contributed by atoms with Crippen LogP contribution < -0.4 is 5.56 Å². The molecule has 1 aromatic heterocycles. The predicted octanol–water partition coefficient (Wildman–Crippen LogP) is 0.584. The highest BCUT2D eigenvalue weighted by atomic mass is 16.3. The van der Waals surface area contributed by atoms with E-state index in [1.807, 2.05) is 0 Å². The van der Waals surface area contributed by atoms with Crippen molar-refractivity contribution in [2.45, 2.75) is 20.4 Å². The molecular formula is C11H16N2O3. The topological polar surface area (TPSA) is 62.5 Å². The number of hydrogen-bond donors (Lipinski definition) is 1. The Bertz CT molecular complexity index is 475. The molecule has 1 rings (SSSR count). The number of carbonyl (C=O) groups excluding carboxylic acids is 1. The van der Waals surface area contributed by atoms with Crippen LogP contribution >= 0.6 is 0 Å². The number of aromatic nitrogens is 1. The van der Waals surface area contributed by atoms with Crippen molar-refractivity contribution in [1.29, 1.82) is 0 Å². The maximum atomic E-state index is 11.8. The predicted molar refractivity (Wildman–Crippen MR) is 60.8 cm³/mol. The summed E-state index contributed by atoms with van der Waals surface area (Å²) in [6.45, 7) is 3.71. The molecule has 5 heteroatoms. The monoisotopic (exact) mass is 224 g/mol. The van der Waals surface area contributed by atoms with Gasteiger partial charge in [-0.15, -0.1) is 0 Å². The average molecular weight is 224 g/mol. The summed E-state index contributed by atoms with van der Waals surface area (Å²) in [5.41, 5.74) is 0.380. The van der Waals surface area contributed by atoms with Gasteiger partial charge in [-0.2, -0.15) is 0 Å². The van der Waals surface area contributed by atoms with E-state index in [1.54, 1.807) is 27.9 Å². The van der Waals surface area contributed by atoms with Gasteiger partial charge in [-0.05, 0) is 19.4 Å². The fraction of sp³-hybridized carbons (Fsp3) is 0.455. The maximum absolute atomic E-state index is 11.8. The van der Waals surface area contributed by atoms with Crippen LogP contribution in [0.3, 0.4) is 0 Å². The standard InChI is InChI=1S/C11H16N2O3/c1-5-13-8(14)6-7(2)9(11(13)16)10(15)12(3)4/h6,16H,5H2,1-4H3. The fourth-order valence-corrected chi connectivity index (χ4v) is 1.54. The number of amides is 1. The second-order valence-electron chi connectivity index (χ2n) is 3.81. The van der Waals surface area contributed by atoms with E-state index in [0.29, 0.717) is 12.1 Å². The van der Waals surface area contributed by atoms with Crippen LogP contribution in [0.1, 0.15) is 22.8 Å². The highest BCUT2D eigenvalue weighted by Crippen LogP contribution is 2.19. The van der Waals surface area contributed by atoms with Gasteiger partial charge in [0.15, 0.2) is 0 Å². The van der Waals surface area contributed by atoms with Gasteiger partial charge in [0.25, 0.3) is 11.5 Å². The molecule has 0 aliphatic rings. The Hall–Kier alpha value is -1.78. The van der Waals surface area contributed by atoms with Gasteiger partial charge in [0.05, 0.1) is 0 Å². The minimum absolute atomic E-state index is 0.187. The summed E-state index contributed by atoms with van der Waals surface area (Å²) < 4.78 is 1.17. The van der Waals surface area contributed by atoms with E-state index in [-0.39, 0.29) is 22.9 Å². The Morgan fingerprint density at radius 2 is 2.06 bits per heavy atom. The lowest BCUT2D eigenvalue weighted by Gasteiger charge is -2.16. The van der Waals surface area contributed by atoms with Crippen LogP contribution in [0, 0.1) is 6.92 Å². The van der Waals surface area contributed by atoms with Gasteiger partial charge in [-0.3, -0.25) is 14.2 Å². The Morgan fingerprint density at radius 3 is 2.50 bits per heavy atom. The molecule has 1 amide bonds. The molecule has 1 aromatic rings. The van der Waals surface area contributed by atoms with Crippen LogP contribution in [-0.4, -0.2) is 34.6 Å². The Balaban J connectivity index is 3.51. The first-order valence-corrected chi connectivity index (χ1v) is 5.05. The molecular weight excluding hydrogens is 208 g/mol. The molecule has 1 heterocycles. The first-order valence-electron chi connectivity index (χ1n) is 5.05. The lowest BCUT2D eigenvalue weighted by Crippen LogP contribution is -2.27. The molecule has 0 aliphatic heterocycles. The molecule has 0 radical (unpaired) electrons. The summed E-state index contributed by atoms with van der Waals surface area (Å²) in [7, 11) is 3.20. The van der Waals surface area contributed by atoms with Crippen LogP contribution in [0.25, 0.3) is 0 Å². The van der Waals surface area contributed by atoms with Gasteiger partial charge in [0.2, 0.25) is 5.88 Å². The maximum Gasteiger partial charge on any atom is 0.259 e. The van der Waals surface area contributed by atoms with E-state index in [1.165, 1.54) is 15.5 Å². The number of nitrogens with zero attached hydrogens (tertiary/aromatic N) is 2. The van der Waals surface area contributed by atoms with Crippen molar-refractivity contribution in [3.8, 4) is 5.88 Å². The third-order valence-corrected chi connectivity index (χ3v) is 2.42. The molecule has 0 unspecified atom stereocenters. The van der Waals surface area contributed by atoms with E-state index < -0.39 is 0 Å². The quantitative estimate of drug-likeness (QED) is 0.799. The van der Waals surface area contributed by atoms with Crippen molar-refractivity contribution in [3.05, 3.63) is 27.5 Å². The molecule has 1 N–H and O–H groups in total. The highest BCUT2D eigenvalue weighted by molar-refractivity contribution is 5.97. The molecule has 0 atom stereocenters. The first kappa shape index (κ1) is 12.3. The molecule has 5 nitrogen and oxygen atoms in total. The number of aromatic hydroxyl groups is 1. The number of carbonyl (C=O) groups is 1. The minimum atomic E-state index is -0.308. The molecule has 0 aliphatic carbocycles. The summed E-state index contributed by atoms with van der Waals surface area (Å²) >= 11 is 0. The molecule has 0 aromatic carbocycles. The van der Waals surface area contributed by atoms with E-state index >= 15 is 0 Å². The van der Waals surface area contributed by atoms with Crippen molar-refractivity contribution >= 4 is 5.91 Å². The Kier molecular flexibility index (Phi) is 3.37. The molecule has 0 spiro atoms. The van der Waals surface area contributed by atoms with Crippen LogP contribution in [0.2, 0.25) is 0 Å². The van der Waals surface area contributed by atoms with Crippen LogP contribution in [-0.2, 0) is 6.54 Å². The van der Waals surface area contributed by atoms with Gasteiger partial charge in [-0.1, -0.05) is 0 Å². The average Bonchev–Trinajstić information content (AvgIpc) is 2.17. The van der Waals surface area contributed by atoms with Gasteiger partial charge in [0, 0.05) is 26.7 Å². The molecule has 0 fully saturated rings. The molecule has 0 bridgehead atoms. The number of aryl methyl sites for hydroxylation is 1. The third-order valence-electron chi connectivity index (χ3n) is 2.42.